The topological polar surface area (TPSA) is 12.9 Å². The standard InChI is InChI=1S/C18H19Br2N/c19-17-9-13(11-21-12-17)8-16-10-15(6-7-18(16)20)14-4-2-1-3-5-14/h1-5,9,11-12,15-16,18H,6-8,10H2. The van der Waals surface area contributed by atoms with Gasteiger partial charge in [-0.25, -0.2) is 0 Å². The van der Waals surface area contributed by atoms with Gasteiger partial charge in [-0.15, -0.1) is 0 Å². The van der Waals surface area contributed by atoms with Crippen LogP contribution in [0.15, 0.2) is 53.3 Å². The normalized spacial score (nSPS) is 25.7. The number of hydrogen-bond acceptors (Lipinski definition) is 1. The minimum atomic E-state index is 0.622. The van der Waals surface area contributed by atoms with Crippen molar-refractivity contribution in [1.82, 2.24) is 4.98 Å². The fraction of sp³-hybridized carbons (Fsp3) is 0.389. The lowest BCUT2D eigenvalue weighted by atomic mass is 9.76. The number of halogens is 2. The van der Waals surface area contributed by atoms with E-state index in [9.17, 15) is 0 Å². The second-order valence-electron chi connectivity index (χ2n) is 5.91. The molecule has 1 fully saturated rings. The molecule has 3 rings (SSSR count). The van der Waals surface area contributed by atoms with Crippen molar-refractivity contribution >= 4 is 31.9 Å². The molecule has 1 saturated carbocycles. The first-order valence-electron chi connectivity index (χ1n) is 7.51. The van der Waals surface area contributed by atoms with Crippen molar-refractivity contribution in [3.8, 4) is 0 Å². The molecule has 1 nitrogen and oxygen atoms in total. The lowest BCUT2D eigenvalue weighted by molar-refractivity contribution is 0.335. The third kappa shape index (κ3) is 3.95. The van der Waals surface area contributed by atoms with E-state index in [1.165, 1.54) is 30.4 Å². The average Bonchev–Trinajstić information content (AvgIpc) is 2.50. The van der Waals surface area contributed by atoms with E-state index in [1.54, 1.807) is 0 Å². The van der Waals surface area contributed by atoms with E-state index < -0.39 is 0 Å². The summed E-state index contributed by atoms with van der Waals surface area (Å²) in [7, 11) is 0. The second-order valence-corrected chi connectivity index (χ2v) is 8.00. The maximum atomic E-state index is 4.29. The Morgan fingerprint density at radius 2 is 1.90 bits per heavy atom. The van der Waals surface area contributed by atoms with Gasteiger partial charge in [-0.3, -0.25) is 4.98 Å². The molecule has 1 aliphatic rings. The summed E-state index contributed by atoms with van der Waals surface area (Å²) in [5.74, 6) is 1.38. The first-order valence-corrected chi connectivity index (χ1v) is 9.21. The third-order valence-electron chi connectivity index (χ3n) is 4.42. The number of hydrogen-bond donors (Lipinski definition) is 0. The molecule has 0 bridgehead atoms. The highest BCUT2D eigenvalue weighted by Gasteiger charge is 2.29. The molecule has 1 aromatic heterocycles. The molecular weight excluding hydrogens is 390 g/mol. The van der Waals surface area contributed by atoms with Gasteiger partial charge in [0.2, 0.25) is 0 Å². The summed E-state index contributed by atoms with van der Waals surface area (Å²) in [4.78, 5) is 4.91. The Hall–Kier alpha value is -0.670. The average molecular weight is 409 g/mol. The van der Waals surface area contributed by atoms with Crippen LogP contribution in [0.1, 0.15) is 36.3 Å². The van der Waals surface area contributed by atoms with E-state index in [0.717, 1.165) is 10.9 Å². The van der Waals surface area contributed by atoms with E-state index >= 15 is 0 Å². The van der Waals surface area contributed by atoms with Gasteiger partial charge in [0.1, 0.15) is 0 Å². The summed E-state index contributed by atoms with van der Waals surface area (Å²) in [5, 5.41) is 0. The van der Waals surface area contributed by atoms with Gasteiger partial charge in [-0.05, 0) is 70.6 Å². The Bertz CT molecular complexity index is 585. The number of nitrogens with zero attached hydrogens (tertiary/aromatic N) is 1. The first kappa shape index (κ1) is 15.2. The maximum absolute atomic E-state index is 4.29. The molecule has 2 aromatic rings. The van der Waals surface area contributed by atoms with Gasteiger partial charge in [0.15, 0.2) is 0 Å². The van der Waals surface area contributed by atoms with Crippen LogP contribution in [0.2, 0.25) is 0 Å². The van der Waals surface area contributed by atoms with Gasteiger partial charge in [0.25, 0.3) is 0 Å². The van der Waals surface area contributed by atoms with Crippen LogP contribution < -0.4 is 0 Å². The fourth-order valence-corrected chi connectivity index (χ4v) is 4.42. The minimum absolute atomic E-state index is 0.622. The summed E-state index contributed by atoms with van der Waals surface area (Å²) < 4.78 is 1.07. The van der Waals surface area contributed by atoms with Gasteiger partial charge < -0.3 is 0 Å². The van der Waals surface area contributed by atoms with Crippen molar-refractivity contribution in [2.24, 2.45) is 5.92 Å². The Morgan fingerprint density at radius 1 is 1.10 bits per heavy atom. The molecule has 1 aliphatic carbocycles. The number of aromatic nitrogens is 1. The van der Waals surface area contributed by atoms with Crippen LogP contribution in [0.4, 0.5) is 0 Å². The molecule has 3 heteroatoms. The van der Waals surface area contributed by atoms with Crippen molar-refractivity contribution in [2.75, 3.05) is 0 Å². The second kappa shape index (κ2) is 7.06. The van der Waals surface area contributed by atoms with Crippen LogP contribution in [0.3, 0.4) is 0 Å². The molecule has 0 radical (unpaired) electrons. The van der Waals surface area contributed by atoms with Crippen LogP contribution in [0, 0.1) is 5.92 Å². The van der Waals surface area contributed by atoms with Crippen LogP contribution in [-0.4, -0.2) is 9.81 Å². The van der Waals surface area contributed by atoms with Gasteiger partial charge >= 0.3 is 0 Å². The predicted molar refractivity (Wildman–Crippen MR) is 94.9 cm³/mol. The lowest BCUT2D eigenvalue weighted by Crippen LogP contribution is -2.26. The first-order chi connectivity index (χ1) is 10.2. The van der Waals surface area contributed by atoms with E-state index in [-0.39, 0.29) is 0 Å². The third-order valence-corrected chi connectivity index (χ3v) is 6.06. The highest BCUT2D eigenvalue weighted by Crippen LogP contribution is 2.40. The van der Waals surface area contributed by atoms with Gasteiger partial charge in [-0.2, -0.15) is 0 Å². The Balaban J connectivity index is 1.72. The molecular formula is C18H19Br2N. The summed E-state index contributed by atoms with van der Waals surface area (Å²) >= 11 is 7.42. The number of pyridine rings is 1. The van der Waals surface area contributed by atoms with Crippen LogP contribution >= 0.6 is 31.9 Å². The summed E-state index contributed by atoms with van der Waals surface area (Å²) in [6.45, 7) is 0. The van der Waals surface area contributed by atoms with Gasteiger partial charge in [0, 0.05) is 21.7 Å². The molecule has 1 heterocycles. The van der Waals surface area contributed by atoms with Crippen LogP contribution in [0.25, 0.3) is 0 Å². The summed E-state index contributed by atoms with van der Waals surface area (Å²) in [5.41, 5.74) is 2.82. The van der Waals surface area contributed by atoms with Crippen molar-refractivity contribution in [3.05, 3.63) is 64.4 Å². The van der Waals surface area contributed by atoms with E-state index in [0.29, 0.717) is 16.7 Å². The molecule has 0 saturated heterocycles. The quantitative estimate of drug-likeness (QED) is 0.590. The van der Waals surface area contributed by atoms with Crippen LogP contribution in [-0.2, 0) is 6.42 Å². The highest BCUT2D eigenvalue weighted by atomic mass is 79.9. The monoisotopic (exact) mass is 407 g/mol. The largest absolute Gasteiger partial charge is 0.263 e. The zero-order chi connectivity index (χ0) is 14.7. The number of alkyl halides is 1. The molecule has 3 atom stereocenters. The Morgan fingerprint density at radius 3 is 2.67 bits per heavy atom. The van der Waals surface area contributed by atoms with Crippen molar-refractivity contribution < 1.29 is 0 Å². The molecule has 0 spiro atoms. The van der Waals surface area contributed by atoms with Gasteiger partial charge in [0.05, 0.1) is 0 Å². The maximum Gasteiger partial charge on any atom is 0.0410 e. The van der Waals surface area contributed by atoms with E-state index in [4.69, 9.17) is 0 Å². The minimum Gasteiger partial charge on any atom is -0.263 e. The molecule has 3 unspecified atom stereocenters. The zero-order valence-corrected chi connectivity index (χ0v) is 15.1. The molecule has 0 aliphatic heterocycles. The van der Waals surface area contributed by atoms with Crippen molar-refractivity contribution in [1.29, 1.82) is 0 Å². The van der Waals surface area contributed by atoms with E-state index in [1.807, 2.05) is 12.4 Å². The van der Waals surface area contributed by atoms with Crippen LogP contribution in [0.5, 0.6) is 0 Å². The molecule has 21 heavy (non-hydrogen) atoms. The summed E-state index contributed by atoms with van der Waals surface area (Å²) in [6.07, 6.45) is 8.75. The molecule has 0 N–H and O–H groups in total. The Labute approximate surface area is 143 Å². The number of benzene rings is 1. The van der Waals surface area contributed by atoms with Crippen molar-refractivity contribution in [3.63, 3.8) is 0 Å². The molecule has 1 aromatic carbocycles. The smallest absolute Gasteiger partial charge is 0.0410 e. The van der Waals surface area contributed by atoms with Gasteiger partial charge in [-0.1, -0.05) is 46.3 Å². The highest BCUT2D eigenvalue weighted by molar-refractivity contribution is 9.10. The summed E-state index contributed by atoms with van der Waals surface area (Å²) in [6, 6.07) is 13.2. The molecule has 110 valence electrons. The lowest BCUT2D eigenvalue weighted by Gasteiger charge is -2.33. The Kier molecular flexibility index (Phi) is 5.12. The number of rotatable bonds is 3. The zero-order valence-electron chi connectivity index (χ0n) is 11.9. The predicted octanol–water partition coefficient (Wildman–Crippen LogP) is 5.73. The SMILES string of the molecule is Brc1cncc(CC2CC(c3ccccc3)CCC2Br)c1. The van der Waals surface area contributed by atoms with E-state index in [2.05, 4.69) is 73.2 Å². The molecule has 0 amide bonds. The fourth-order valence-electron chi connectivity index (χ4n) is 3.34. The van der Waals surface area contributed by atoms with Crippen molar-refractivity contribution in [2.45, 2.75) is 36.4 Å².